The van der Waals surface area contributed by atoms with Crippen LogP contribution in [0.1, 0.15) is 59.8 Å². The number of allylic oxidation sites excluding steroid dienone is 1. The minimum atomic E-state index is -0.520. The molecule has 3 nitrogen and oxygen atoms in total. The number of rotatable bonds is 5. The lowest BCUT2D eigenvalue weighted by atomic mass is 9.63. The summed E-state index contributed by atoms with van der Waals surface area (Å²) in [5.41, 5.74) is 0.605. The van der Waals surface area contributed by atoms with Crippen LogP contribution in [0.2, 0.25) is 0 Å². The lowest BCUT2D eigenvalue weighted by Gasteiger charge is -2.46. The molecule has 0 aliphatic heterocycles. The Bertz CT molecular complexity index is 410. The summed E-state index contributed by atoms with van der Waals surface area (Å²) in [6, 6.07) is 0. The van der Waals surface area contributed by atoms with Gasteiger partial charge in [-0.25, -0.2) is 0 Å². The van der Waals surface area contributed by atoms with Crippen LogP contribution in [0.5, 0.6) is 0 Å². The van der Waals surface area contributed by atoms with Crippen molar-refractivity contribution >= 4 is 5.97 Å². The summed E-state index contributed by atoms with van der Waals surface area (Å²) in [6.45, 7) is 8.10. The summed E-state index contributed by atoms with van der Waals surface area (Å²) in [5, 5.41) is 10.9. The summed E-state index contributed by atoms with van der Waals surface area (Å²) < 4.78 is 4.99. The predicted molar refractivity (Wildman–Crippen MR) is 79.2 cm³/mol. The molecule has 2 fully saturated rings. The summed E-state index contributed by atoms with van der Waals surface area (Å²) in [5.74, 6) is 0.925. The molecule has 0 aromatic heterocycles. The van der Waals surface area contributed by atoms with Crippen molar-refractivity contribution in [2.24, 2.45) is 17.3 Å². The van der Waals surface area contributed by atoms with Crippen molar-refractivity contribution < 1.29 is 14.6 Å². The SMILES string of the molecule is CC(=O)OCC(C)=CCCC1(C)C2CCC(C2)C1(C)O. The quantitative estimate of drug-likeness (QED) is 0.619. The molecule has 2 aliphatic rings. The second-order valence-electron chi connectivity index (χ2n) is 7.14. The van der Waals surface area contributed by atoms with E-state index in [2.05, 4.69) is 13.0 Å². The normalized spacial score (nSPS) is 40.1. The lowest BCUT2D eigenvalue weighted by Crippen LogP contribution is -2.48. The van der Waals surface area contributed by atoms with Gasteiger partial charge in [0.15, 0.2) is 0 Å². The van der Waals surface area contributed by atoms with Crippen molar-refractivity contribution in [3.05, 3.63) is 11.6 Å². The number of hydrogen-bond acceptors (Lipinski definition) is 3. The minimum absolute atomic E-state index is 0.0358. The number of ether oxygens (including phenoxy) is 1. The van der Waals surface area contributed by atoms with Crippen molar-refractivity contribution in [2.45, 2.75) is 65.4 Å². The van der Waals surface area contributed by atoms with Crippen molar-refractivity contribution in [2.75, 3.05) is 6.61 Å². The summed E-state index contributed by atoms with van der Waals surface area (Å²) >= 11 is 0. The molecule has 0 radical (unpaired) electrons. The van der Waals surface area contributed by atoms with Crippen LogP contribution in [-0.2, 0) is 9.53 Å². The summed E-state index contributed by atoms with van der Waals surface area (Å²) in [6.07, 6.45) is 7.76. The van der Waals surface area contributed by atoms with Gasteiger partial charge in [0.2, 0.25) is 0 Å². The van der Waals surface area contributed by atoms with E-state index in [0.717, 1.165) is 18.4 Å². The third-order valence-electron chi connectivity index (χ3n) is 5.94. The maximum atomic E-state index is 10.9. The Morgan fingerprint density at radius 3 is 2.50 bits per heavy atom. The molecule has 4 atom stereocenters. The number of carbonyl (C=O) groups is 1. The van der Waals surface area contributed by atoms with E-state index in [0.29, 0.717) is 18.4 Å². The van der Waals surface area contributed by atoms with Gasteiger partial charge < -0.3 is 9.84 Å². The van der Waals surface area contributed by atoms with Crippen LogP contribution in [0.15, 0.2) is 11.6 Å². The Balaban J connectivity index is 1.90. The monoisotopic (exact) mass is 280 g/mol. The first-order valence-electron chi connectivity index (χ1n) is 7.78. The maximum absolute atomic E-state index is 10.9. The van der Waals surface area contributed by atoms with E-state index in [1.165, 1.54) is 26.2 Å². The molecule has 2 bridgehead atoms. The predicted octanol–water partition coefficient (Wildman–Crippen LogP) is 3.46. The van der Waals surface area contributed by atoms with Gasteiger partial charge >= 0.3 is 5.97 Å². The summed E-state index contributed by atoms with van der Waals surface area (Å²) in [7, 11) is 0. The minimum Gasteiger partial charge on any atom is -0.461 e. The third kappa shape index (κ3) is 2.65. The second-order valence-corrected chi connectivity index (χ2v) is 7.14. The Morgan fingerprint density at radius 2 is 1.95 bits per heavy atom. The van der Waals surface area contributed by atoms with Crippen LogP contribution >= 0.6 is 0 Å². The Kier molecular flexibility index (Phi) is 4.29. The Hall–Kier alpha value is -0.830. The zero-order chi connectivity index (χ0) is 15.0. The van der Waals surface area contributed by atoms with E-state index in [4.69, 9.17) is 4.74 Å². The molecule has 0 spiro atoms. The van der Waals surface area contributed by atoms with E-state index in [1.807, 2.05) is 13.8 Å². The van der Waals surface area contributed by atoms with E-state index in [9.17, 15) is 9.90 Å². The van der Waals surface area contributed by atoms with E-state index in [-0.39, 0.29) is 11.4 Å². The number of aliphatic hydroxyl groups is 1. The number of hydrogen-bond donors (Lipinski definition) is 1. The average molecular weight is 280 g/mol. The fourth-order valence-corrected chi connectivity index (χ4v) is 4.30. The zero-order valence-corrected chi connectivity index (χ0v) is 13.2. The van der Waals surface area contributed by atoms with Crippen molar-refractivity contribution in [1.82, 2.24) is 0 Å². The second kappa shape index (κ2) is 5.51. The average Bonchev–Trinajstić information content (AvgIpc) is 2.91. The van der Waals surface area contributed by atoms with Gasteiger partial charge in [-0.2, -0.15) is 0 Å². The molecule has 4 unspecified atom stereocenters. The van der Waals surface area contributed by atoms with Gasteiger partial charge in [-0.3, -0.25) is 4.79 Å². The fraction of sp³-hybridized carbons (Fsp3) is 0.824. The maximum Gasteiger partial charge on any atom is 0.302 e. The van der Waals surface area contributed by atoms with Crippen molar-refractivity contribution in [1.29, 1.82) is 0 Å². The topological polar surface area (TPSA) is 46.5 Å². The molecule has 2 rings (SSSR count). The molecule has 0 aromatic carbocycles. The molecule has 114 valence electrons. The zero-order valence-electron chi connectivity index (χ0n) is 13.2. The smallest absolute Gasteiger partial charge is 0.302 e. The highest BCUT2D eigenvalue weighted by Crippen LogP contribution is 2.63. The highest BCUT2D eigenvalue weighted by molar-refractivity contribution is 5.66. The highest BCUT2D eigenvalue weighted by atomic mass is 16.5. The first kappa shape index (κ1) is 15.6. The number of carbonyl (C=O) groups excluding carboxylic acids is 1. The first-order valence-corrected chi connectivity index (χ1v) is 7.78. The molecule has 20 heavy (non-hydrogen) atoms. The van der Waals surface area contributed by atoms with E-state index >= 15 is 0 Å². The molecule has 2 aliphatic carbocycles. The van der Waals surface area contributed by atoms with Crippen LogP contribution in [0.3, 0.4) is 0 Å². The molecule has 0 amide bonds. The van der Waals surface area contributed by atoms with Gasteiger partial charge in [0.05, 0.1) is 5.60 Å². The van der Waals surface area contributed by atoms with Gasteiger partial charge in [0.1, 0.15) is 6.61 Å². The van der Waals surface area contributed by atoms with Crippen LogP contribution in [0.25, 0.3) is 0 Å². The molecule has 0 aromatic rings. The number of fused-ring (bicyclic) bond motifs is 2. The van der Waals surface area contributed by atoms with Gasteiger partial charge in [0, 0.05) is 6.92 Å². The summed E-state index contributed by atoms with van der Waals surface area (Å²) in [4.78, 5) is 10.8. The van der Waals surface area contributed by atoms with Crippen LogP contribution in [0, 0.1) is 17.3 Å². The van der Waals surface area contributed by atoms with Gasteiger partial charge in [0.25, 0.3) is 0 Å². The van der Waals surface area contributed by atoms with Crippen LogP contribution in [0.4, 0.5) is 0 Å². The third-order valence-corrected chi connectivity index (χ3v) is 5.94. The van der Waals surface area contributed by atoms with Crippen LogP contribution in [-0.4, -0.2) is 23.3 Å². The fourth-order valence-electron chi connectivity index (χ4n) is 4.30. The molecule has 2 saturated carbocycles. The molecular weight excluding hydrogens is 252 g/mol. The largest absolute Gasteiger partial charge is 0.461 e. The molecule has 3 heteroatoms. The van der Waals surface area contributed by atoms with Crippen LogP contribution < -0.4 is 0 Å². The molecule has 0 saturated heterocycles. The van der Waals surface area contributed by atoms with E-state index in [1.54, 1.807) is 0 Å². The Labute approximate surface area is 122 Å². The standard InChI is InChI=1S/C17H28O3/c1-12(11-20-13(2)18)6-5-9-16(3)14-7-8-15(10-14)17(16,4)19/h6,14-15,19H,5,7-11H2,1-4H3. The first-order chi connectivity index (χ1) is 9.27. The lowest BCUT2D eigenvalue weighted by molar-refractivity contribution is -0.139. The van der Waals surface area contributed by atoms with Gasteiger partial charge in [-0.1, -0.05) is 13.0 Å². The molecule has 1 N–H and O–H groups in total. The van der Waals surface area contributed by atoms with Crippen molar-refractivity contribution in [3.63, 3.8) is 0 Å². The molecule has 0 heterocycles. The highest BCUT2D eigenvalue weighted by Gasteiger charge is 2.61. The van der Waals surface area contributed by atoms with Crippen molar-refractivity contribution in [3.8, 4) is 0 Å². The number of esters is 1. The van der Waals surface area contributed by atoms with Gasteiger partial charge in [-0.15, -0.1) is 0 Å². The van der Waals surface area contributed by atoms with E-state index < -0.39 is 5.60 Å². The molecular formula is C17H28O3. The van der Waals surface area contributed by atoms with Gasteiger partial charge in [-0.05, 0) is 68.8 Å². The Morgan fingerprint density at radius 1 is 1.30 bits per heavy atom.